The molecule has 2 unspecified atom stereocenters. The third-order valence-corrected chi connectivity index (χ3v) is 5.29. The Morgan fingerprint density at radius 3 is 3.00 bits per heavy atom. The summed E-state index contributed by atoms with van der Waals surface area (Å²) < 4.78 is 5.93. The molecule has 0 saturated carbocycles. The molecule has 2 aliphatic rings. The van der Waals surface area contributed by atoms with E-state index in [1.165, 1.54) is 6.42 Å². The highest BCUT2D eigenvalue weighted by molar-refractivity contribution is 7.12. The standard InChI is InChI=1S/C13H19NO2S/c1-13(7-2-3-8-16-13)12-14-9-5-4-6-10(15)11(9)17-12/h10,15H,2-8H2,1H3. The molecular weight excluding hydrogens is 234 g/mol. The van der Waals surface area contributed by atoms with E-state index in [1.54, 1.807) is 11.3 Å². The van der Waals surface area contributed by atoms with E-state index in [1.807, 2.05) is 0 Å². The molecule has 3 nitrogen and oxygen atoms in total. The largest absolute Gasteiger partial charge is 0.388 e. The van der Waals surface area contributed by atoms with E-state index in [0.717, 1.165) is 54.3 Å². The van der Waals surface area contributed by atoms with Crippen molar-refractivity contribution in [1.29, 1.82) is 0 Å². The number of aliphatic hydroxyl groups excluding tert-OH is 1. The van der Waals surface area contributed by atoms with Crippen LogP contribution in [0, 0.1) is 0 Å². The van der Waals surface area contributed by atoms with Gasteiger partial charge in [0, 0.05) is 6.61 Å². The summed E-state index contributed by atoms with van der Waals surface area (Å²) in [6.07, 6.45) is 6.07. The number of thiazole rings is 1. The predicted octanol–water partition coefficient (Wildman–Crippen LogP) is 2.93. The normalized spacial score (nSPS) is 33.4. The molecule has 1 aliphatic heterocycles. The van der Waals surface area contributed by atoms with Gasteiger partial charge in [0.1, 0.15) is 10.6 Å². The maximum Gasteiger partial charge on any atom is 0.125 e. The second-order valence-corrected chi connectivity index (χ2v) is 6.31. The monoisotopic (exact) mass is 253 g/mol. The highest BCUT2D eigenvalue weighted by atomic mass is 32.1. The smallest absolute Gasteiger partial charge is 0.125 e. The van der Waals surface area contributed by atoms with Gasteiger partial charge in [0.2, 0.25) is 0 Å². The Labute approximate surface area is 106 Å². The second-order valence-electron chi connectivity index (χ2n) is 5.27. The summed E-state index contributed by atoms with van der Waals surface area (Å²) in [5.74, 6) is 0. The predicted molar refractivity (Wildman–Crippen MR) is 67.2 cm³/mol. The van der Waals surface area contributed by atoms with Gasteiger partial charge in [0.05, 0.1) is 16.7 Å². The Morgan fingerprint density at radius 2 is 2.29 bits per heavy atom. The van der Waals surface area contributed by atoms with Gasteiger partial charge in [-0.25, -0.2) is 4.98 Å². The van der Waals surface area contributed by atoms with E-state index >= 15 is 0 Å². The van der Waals surface area contributed by atoms with Gasteiger partial charge in [0.25, 0.3) is 0 Å². The molecule has 0 aromatic carbocycles. The SMILES string of the molecule is CC1(c2nc3c(s2)C(O)CCC3)CCCCO1. The third-order valence-electron chi connectivity index (χ3n) is 3.84. The molecule has 0 amide bonds. The van der Waals surface area contributed by atoms with Crippen LogP contribution < -0.4 is 0 Å². The second kappa shape index (κ2) is 4.34. The van der Waals surface area contributed by atoms with Crippen molar-refractivity contribution in [3.63, 3.8) is 0 Å². The van der Waals surface area contributed by atoms with Crippen LogP contribution in [0.5, 0.6) is 0 Å². The van der Waals surface area contributed by atoms with Crippen LogP contribution in [-0.4, -0.2) is 16.7 Å². The van der Waals surface area contributed by atoms with Gasteiger partial charge in [-0.3, -0.25) is 0 Å². The fraction of sp³-hybridized carbons (Fsp3) is 0.769. The van der Waals surface area contributed by atoms with E-state index in [-0.39, 0.29) is 11.7 Å². The first kappa shape index (κ1) is 11.6. The van der Waals surface area contributed by atoms with Gasteiger partial charge in [0.15, 0.2) is 0 Å². The Hall–Kier alpha value is -0.450. The minimum Gasteiger partial charge on any atom is -0.388 e. The molecule has 0 radical (unpaired) electrons. The third kappa shape index (κ3) is 2.02. The number of nitrogens with zero attached hydrogens (tertiary/aromatic N) is 1. The van der Waals surface area contributed by atoms with Crippen LogP contribution in [-0.2, 0) is 16.8 Å². The fourth-order valence-electron chi connectivity index (χ4n) is 2.73. The summed E-state index contributed by atoms with van der Waals surface area (Å²) in [4.78, 5) is 5.81. The number of aromatic nitrogens is 1. The summed E-state index contributed by atoms with van der Waals surface area (Å²) >= 11 is 1.66. The van der Waals surface area contributed by atoms with E-state index in [0.29, 0.717) is 0 Å². The average molecular weight is 253 g/mol. The van der Waals surface area contributed by atoms with Crippen molar-refractivity contribution in [2.24, 2.45) is 0 Å². The van der Waals surface area contributed by atoms with Crippen molar-refractivity contribution in [2.75, 3.05) is 6.61 Å². The molecular formula is C13H19NO2S. The molecule has 2 heterocycles. The molecule has 2 atom stereocenters. The molecule has 1 N–H and O–H groups in total. The first-order chi connectivity index (χ1) is 8.19. The Kier molecular flexibility index (Phi) is 2.97. The van der Waals surface area contributed by atoms with Gasteiger partial charge >= 0.3 is 0 Å². The van der Waals surface area contributed by atoms with Crippen LogP contribution in [0.25, 0.3) is 0 Å². The minimum atomic E-state index is -0.294. The molecule has 1 fully saturated rings. The lowest BCUT2D eigenvalue weighted by molar-refractivity contribution is -0.0702. The molecule has 4 heteroatoms. The molecule has 1 aromatic rings. The number of ether oxygens (including phenoxy) is 1. The quantitative estimate of drug-likeness (QED) is 0.836. The van der Waals surface area contributed by atoms with Crippen LogP contribution in [0.1, 0.15) is 60.7 Å². The van der Waals surface area contributed by atoms with Crippen molar-refractivity contribution in [3.8, 4) is 0 Å². The number of hydrogen-bond acceptors (Lipinski definition) is 4. The van der Waals surface area contributed by atoms with Gasteiger partial charge in [-0.05, 0) is 45.4 Å². The number of aliphatic hydroxyl groups is 1. The maximum atomic E-state index is 9.99. The number of hydrogen-bond donors (Lipinski definition) is 1. The summed E-state index contributed by atoms with van der Waals surface area (Å²) in [7, 11) is 0. The van der Waals surface area contributed by atoms with Crippen molar-refractivity contribution in [1.82, 2.24) is 4.98 Å². The summed E-state index contributed by atoms with van der Waals surface area (Å²) in [6.45, 7) is 2.98. The van der Waals surface area contributed by atoms with Crippen molar-refractivity contribution < 1.29 is 9.84 Å². The molecule has 0 bridgehead atoms. The van der Waals surface area contributed by atoms with E-state index in [2.05, 4.69) is 6.92 Å². The van der Waals surface area contributed by atoms with E-state index < -0.39 is 0 Å². The summed E-state index contributed by atoms with van der Waals surface area (Å²) in [5, 5.41) is 11.1. The highest BCUT2D eigenvalue weighted by Gasteiger charge is 2.35. The summed E-state index contributed by atoms with van der Waals surface area (Å²) in [6, 6.07) is 0. The van der Waals surface area contributed by atoms with E-state index in [9.17, 15) is 5.11 Å². The van der Waals surface area contributed by atoms with Crippen molar-refractivity contribution in [2.45, 2.75) is 57.2 Å². The molecule has 1 aliphatic carbocycles. The zero-order chi connectivity index (χ0) is 11.9. The molecule has 1 saturated heterocycles. The van der Waals surface area contributed by atoms with E-state index in [4.69, 9.17) is 9.72 Å². The molecule has 94 valence electrons. The maximum absolute atomic E-state index is 9.99. The van der Waals surface area contributed by atoms with Gasteiger partial charge in [-0.2, -0.15) is 0 Å². The Morgan fingerprint density at radius 1 is 1.41 bits per heavy atom. The highest BCUT2D eigenvalue weighted by Crippen LogP contribution is 2.41. The topological polar surface area (TPSA) is 42.4 Å². The van der Waals surface area contributed by atoms with Crippen LogP contribution in [0.3, 0.4) is 0 Å². The zero-order valence-electron chi connectivity index (χ0n) is 10.2. The van der Waals surface area contributed by atoms with Crippen LogP contribution in [0.2, 0.25) is 0 Å². The van der Waals surface area contributed by atoms with Gasteiger partial charge in [-0.15, -0.1) is 11.3 Å². The van der Waals surface area contributed by atoms with Crippen LogP contribution in [0.15, 0.2) is 0 Å². The number of aryl methyl sites for hydroxylation is 1. The van der Waals surface area contributed by atoms with Crippen molar-refractivity contribution in [3.05, 3.63) is 15.6 Å². The molecule has 17 heavy (non-hydrogen) atoms. The minimum absolute atomic E-state index is 0.208. The lowest BCUT2D eigenvalue weighted by Crippen LogP contribution is -2.30. The lowest BCUT2D eigenvalue weighted by Gasteiger charge is -2.31. The molecule has 0 spiro atoms. The number of rotatable bonds is 1. The Bertz CT molecular complexity index is 410. The van der Waals surface area contributed by atoms with Crippen LogP contribution >= 0.6 is 11.3 Å². The fourth-order valence-corrected chi connectivity index (χ4v) is 3.99. The van der Waals surface area contributed by atoms with Crippen molar-refractivity contribution >= 4 is 11.3 Å². The zero-order valence-corrected chi connectivity index (χ0v) is 11.1. The van der Waals surface area contributed by atoms with Crippen LogP contribution in [0.4, 0.5) is 0 Å². The number of fused-ring (bicyclic) bond motifs is 1. The molecule has 3 rings (SSSR count). The van der Waals surface area contributed by atoms with Gasteiger partial charge in [-0.1, -0.05) is 0 Å². The summed E-state index contributed by atoms with van der Waals surface area (Å²) in [5.41, 5.74) is 0.902. The molecule has 1 aromatic heterocycles. The van der Waals surface area contributed by atoms with Gasteiger partial charge < -0.3 is 9.84 Å². The first-order valence-corrected chi connectivity index (χ1v) is 7.33. The Balaban J connectivity index is 1.93. The first-order valence-electron chi connectivity index (χ1n) is 6.51. The lowest BCUT2D eigenvalue weighted by atomic mass is 9.96. The average Bonchev–Trinajstić information content (AvgIpc) is 2.76.